The Labute approximate surface area is 126 Å². The molecule has 0 aliphatic heterocycles. The van der Waals surface area contributed by atoms with Crippen LogP contribution in [0.1, 0.15) is 21.6 Å². The van der Waals surface area contributed by atoms with E-state index in [1.54, 1.807) is 6.07 Å². The van der Waals surface area contributed by atoms with Crippen LogP contribution in [0.3, 0.4) is 0 Å². The third kappa shape index (κ3) is 3.36. The van der Waals surface area contributed by atoms with Gasteiger partial charge in [0.15, 0.2) is 0 Å². The maximum absolute atomic E-state index is 11.3. The lowest BCUT2D eigenvalue weighted by molar-refractivity contribution is 0.0697. The summed E-state index contributed by atoms with van der Waals surface area (Å²) in [4.78, 5) is 17.2. The zero-order chi connectivity index (χ0) is 14.7. The molecule has 0 saturated heterocycles. The number of aromatic carboxylic acids is 1. The van der Waals surface area contributed by atoms with Crippen molar-refractivity contribution < 1.29 is 9.90 Å². The van der Waals surface area contributed by atoms with E-state index in [1.807, 2.05) is 43.1 Å². The molecule has 0 aliphatic rings. The van der Waals surface area contributed by atoms with Gasteiger partial charge in [-0.3, -0.25) is 4.98 Å². The van der Waals surface area contributed by atoms with E-state index in [9.17, 15) is 9.90 Å². The maximum Gasteiger partial charge on any atom is 0.339 e. The maximum atomic E-state index is 11.3. The van der Waals surface area contributed by atoms with E-state index >= 15 is 0 Å². The second-order valence-corrected chi connectivity index (χ2v) is 5.55. The molecule has 1 heterocycles. The second-order valence-electron chi connectivity index (χ2n) is 4.63. The molecular weight excluding hydrogens is 320 g/mol. The molecule has 0 aliphatic carbocycles. The van der Waals surface area contributed by atoms with Crippen LogP contribution in [0.2, 0.25) is 0 Å². The lowest BCUT2D eigenvalue weighted by atomic mass is 10.1. The summed E-state index contributed by atoms with van der Waals surface area (Å²) in [7, 11) is 1.88. The van der Waals surface area contributed by atoms with Gasteiger partial charge in [-0.15, -0.1) is 0 Å². The van der Waals surface area contributed by atoms with Crippen LogP contribution in [0.15, 0.2) is 41.0 Å². The Morgan fingerprint density at radius 2 is 2.15 bits per heavy atom. The minimum atomic E-state index is -0.964. The number of carboxylic acids is 1. The van der Waals surface area contributed by atoms with E-state index in [2.05, 4.69) is 20.9 Å². The van der Waals surface area contributed by atoms with Gasteiger partial charge in [-0.05, 0) is 30.7 Å². The number of hydrogen-bond donors (Lipinski definition) is 1. The van der Waals surface area contributed by atoms with Crippen LogP contribution in [-0.4, -0.2) is 23.1 Å². The minimum Gasteiger partial charge on any atom is -0.478 e. The number of nitrogens with zero attached hydrogens (tertiary/aromatic N) is 2. The van der Waals surface area contributed by atoms with Crippen LogP contribution in [0.25, 0.3) is 0 Å². The van der Waals surface area contributed by atoms with Gasteiger partial charge in [0, 0.05) is 30.0 Å². The number of carboxylic acid groups (broad SMARTS) is 1. The number of benzene rings is 1. The highest BCUT2D eigenvalue weighted by molar-refractivity contribution is 9.10. The van der Waals surface area contributed by atoms with E-state index in [-0.39, 0.29) is 5.56 Å². The fourth-order valence-corrected chi connectivity index (χ4v) is 2.47. The monoisotopic (exact) mass is 334 g/mol. The number of aromatic nitrogens is 1. The predicted molar refractivity (Wildman–Crippen MR) is 82.2 cm³/mol. The number of halogens is 1. The molecule has 0 spiro atoms. The quantitative estimate of drug-likeness (QED) is 0.929. The molecule has 2 aromatic rings. The smallest absolute Gasteiger partial charge is 0.339 e. The molecule has 1 aromatic carbocycles. The van der Waals surface area contributed by atoms with Crippen molar-refractivity contribution >= 4 is 27.6 Å². The molecule has 104 valence electrons. The van der Waals surface area contributed by atoms with Crippen LogP contribution in [-0.2, 0) is 6.54 Å². The fourth-order valence-electron chi connectivity index (χ4n) is 2.02. The van der Waals surface area contributed by atoms with Gasteiger partial charge in [0.2, 0.25) is 0 Å². The number of anilines is 1. The summed E-state index contributed by atoms with van der Waals surface area (Å²) >= 11 is 3.43. The van der Waals surface area contributed by atoms with Crippen molar-refractivity contribution in [2.75, 3.05) is 11.9 Å². The van der Waals surface area contributed by atoms with E-state index in [0.29, 0.717) is 12.2 Å². The highest BCUT2D eigenvalue weighted by atomic mass is 79.9. The molecule has 0 amide bonds. The molecule has 5 heteroatoms. The van der Waals surface area contributed by atoms with Crippen molar-refractivity contribution in [2.24, 2.45) is 0 Å². The van der Waals surface area contributed by atoms with E-state index in [4.69, 9.17) is 0 Å². The van der Waals surface area contributed by atoms with Crippen LogP contribution in [0.4, 0.5) is 5.69 Å². The standard InChI is InChI=1S/C15H15BrN2O2/c1-10-6-14(13(8-17-10)15(19)20)18(2)9-11-4-3-5-12(16)7-11/h3-8H,9H2,1-2H3,(H,19,20). The molecule has 0 bridgehead atoms. The number of aryl methyl sites for hydroxylation is 1. The van der Waals surface area contributed by atoms with Gasteiger partial charge in [-0.25, -0.2) is 4.79 Å². The molecule has 1 N–H and O–H groups in total. The lowest BCUT2D eigenvalue weighted by Gasteiger charge is -2.21. The average Bonchev–Trinajstić information content (AvgIpc) is 2.38. The highest BCUT2D eigenvalue weighted by Crippen LogP contribution is 2.22. The van der Waals surface area contributed by atoms with Gasteiger partial charge in [-0.1, -0.05) is 28.1 Å². The van der Waals surface area contributed by atoms with Crippen molar-refractivity contribution in [1.82, 2.24) is 4.98 Å². The van der Waals surface area contributed by atoms with Crippen molar-refractivity contribution in [3.05, 3.63) is 57.8 Å². The highest BCUT2D eigenvalue weighted by Gasteiger charge is 2.14. The summed E-state index contributed by atoms with van der Waals surface area (Å²) in [6, 6.07) is 9.74. The molecule has 4 nitrogen and oxygen atoms in total. The molecule has 2 rings (SSSR count). The van der Waals surface area contributed by atoms with Gasteiger partial charge in [-0.2, -0.15) is 0 Å². The number of hydrogen-bond acceptors (Lipinski definition) is 3. The molecule has 0 atom stereocenters. The van der Waals surface area contributed by atoms with Crippen LogP contribution in [0.5, 0.6) is 0 Å². The normalized spacial score (nSPS) is 10.3. The zero-order valence-corrected chi connectivity index (χ0v) is 12.9. The van der Waals surface area contributed by atoms with Gasteiger partial charge in [0.25, 0.3) is 0 Å². The minimum absolute atomic E-state index is 0.216. The van der Waals surface area contributed by atoms with E-state index < -0.39 is 5.97 Å². The first-order chi connectivity index (χ1) is 9.47. The first-order valence-electron chi connectivity index (χ1n) is 6.13. The summed E-state index contributed by atoms with van der Waals surface area (Å²) in [5.41, 5.74) is 2.79. The van der Waals surface area contributed by atoms with E-state index in [0.717, 1.165) is 15.7 Å². The van der Waals surface area contributed by atoms with Crippen LogP contribution in [0, 0.1) is 6.92 Å². The zero-order valence-electron chi connectivity index (χ0n) is 11.3. The van der Waals surface area contributed by atoms with E-state index in [1.165, 1.54) is 6.20 Å². The lowest BCUT2D eigenvalue weighted by Crippen LogP contribution is -2.20. The summed E-state index contributed by atoms with van der Waals surface area (Å²) in [6.45, 7) is 2.48. The Hall–Kier alpha value is -1.88. The molecule has 1 aromatic heterocycles. The Morgan fingerprint density at radius 3 is 2.80 bits per heavy atom. The van der Waals surface area contributed by atoms with Crippen LogP contribution < -0.4 is 4.90 Å². The summed E-state index contributed by atoms with van der Waals surface area (Å²) in [6.07, 6.45) is 1.41. The van der Waals surface area contributed by atoms with Crippen molar-refractivity contribution in [1.29, 1.82) is 0 Å². The third-order valence-electron chi connectivity index (χ3n) is 2.97. The van der Waals surface area contributed by atoms with Gasteiger partial charge in [0.1, 0.15) is 5.56 Å². The van der Waals surface area contributed by atoms with Gasteiger partial charge in [0.05, 0.1) is 5.69 Å². The molecule has 0 saturated carbocycles. The summed E-state index contributed by atoms with van der Waals surface area (Å²) in [5.74, 6) is -0.964. The Bertz CT molecular complexity index is 644. The average molecular weight is 335 g/mol. The molecule has 0 fully saturated rings. The SMILES string of the molecule is Cc1cc(N(C)Cc2cccc(Br)c2)c(C(=O)O)cn1. The molecule has 0 radical (unpaired) electrons. The number of pyridine rings is 1. The molecule has 20 heavy (non-hydrogen) atoms. The first-order valence-corrected chi connectivity index (χ1v) is 6.92. The molecular formula is C15H15BrN2O2. The Kier molecular flexibility index (Phi) is 4.39. The third-order valence-corrected chi connectivity index (χ3v) is 3.46. The van der Waals surface area contributed by atoms with Crippen molar-refractivity contribution in [2.45, 2.75) is 13.5 Å². The number of rotatable bonds is 4. The first kappa shape index (κ1) is 14.5. The number of carbonyl (C=O) groups is 1. The Balaban J connectivity index is 2.31. The summed E-state index contributed by atoms with van der Waals surface area (Å²) < 4.78 is 1.01. The van der Waals surface area contributed by atoms with Gasteiger partial charge < -0.3 is 10.0 Å². The van der Waals surface area contributed by atoms with Gasteiger partial charge >= 0.3 is 5.97 Å². The topological polar surface area (TPSA) is 53.4 Å². The second kappa shape index (κ2) is 6.05. The molecule has 0 unspecified atom stereocenters. The van der Waals surface area contributed by atoms with Crippen molar-refractivity contribution in [3.8, 4) is 0 Å². The largest absolute Gasteiger partial charge is 0.478 e. The summed E-state index contributed by atoms with van der Waals surface area (Å²) in [5, 5.41) is 9.24. The van der Waals surface area contributed by atoms with Crippen LogP contribution >= 0.6 is 15.9 Å². The Morgan fingerprint density at radius 1 is 1.40 bits per heavy atom. The predicted octanol–water partition coefficient (Wildman–Crippen LogP) is 3.49. The van der Waals surface area contributed by atoms with Crippen molar-refractivity contribution in [3.63, 3.8) is 0 Å². The fraction of sp³-hybridized carbons (Fsp3) is 0.200.